The number of benzene rings is 2. The van der Waals surface area contributed by atoms with Crippen molar-refractivity contribution in [3.63, 3.8) is 0 Å². The van der Waals surface area contributed by atoms with E-state index in [1.54, 1.807) is 6.08 Å². The number of nitrogens with one attached hydrogen (secondary N) is 2. The highest BCUT2D eigenvalue weighted by Gasteiger charge is 2.22. The fourth-order valence-corrected chi connectivity index (χ4v) is 4.51. The van der Waals surface area contributed by atoms with Gasteiger partial charge in [-0.1, -0.05) is 43.0 Å². The Morgan fingerprint density at radius 3 is 2.58 bits per heavy atom. The molecule has 0 aliphatic heterocycles. The van der Waals surface area contributed by atoms with Crippen molar-refractivity contribution >= 4 is 22.7 Å². The second-order valence-electron chi connectivity index (χ2n) is 8.98. The SMILES string of the molecule is C=CCOc1ccccc1CNCC1CCC(Nc2nc(N(C)C)c3ccccc3n2)CC1. The largest absolute Gasteiger partial charge is 0.489 e. The molecule has 0 bridgehead atoms. The Bertz CT molecular complexity index is 1060. The molecule has 1 heterocycles. The Hall–Kier alpha value is -3.12. The van der Waals surface area contributed by atoms with Gasteiger partial charge in [0.1, 0.15) is 18.2 Å². The Balaban J connectivity index is 1.27. The van der Waals surface area contributed by atoms with Gasteiger partial charge < -0.3 is 20.3 Å². The van der Waals surface area contributed by atoms with Gasteiger partial charge in [-0.05, 0) is 56.3 Å². The van der Waals surface area contributed by atoms with Crippen LogP contribution in [0.5, 0.6) is 5.75 Å². The van der Waals surface area contributed by atoms with Gasteiger partial charge in [0.25, 0.3) is 0 Å². The number of rotatable bonds is 10. The number of nitrogens with zero attached hydrogens (tertiary/aromatic N) is 3. The van der Waals surface area contributed by atoms with Crippen LogP contribution in [0.2, 0.25) is 0 Å². The molecule has 0 atom stereocenters. The molecule has 2 aromatic carbocycles. The fourth-order valence-electron chi connectivity index (χ4n) is 4.51. The minimum absolute atomic E-state index is 0.422. The van der Waals surface area contributed by atoms with Crippen molar-refractivity contribution in [3.8, 4) is 5.75 Å². The van der Waals surface area contributed by atoms with Crippen LogP contribution in [0.4, 0.5) is 11.8 Å². The summed E-state index contributed by atoms with van der Waals surface area (Å²) in [5, 5.41) is 8.32. The molecule has 33 heavy (non-hydrogen) atoms. The zero-order chi connectivity index (χ0) is 23.0. The fraction of sp³-hybridized carbons (Fsp3) is 0.407. The third-order valence-electron chi connectivity index (χ3n) is 6.26. The average Bonchev–Trinajstić information content (AvgIpc) is 2.84. The molecule has 0 amide bonds. The van der Waals surface area contributed by atoms with Gasteiger partial charge in [-0.3, -0.25) is 0 Å². The van der Waals surface area contributed by atoms with Gasteiger partial charge in [0, 0.05) is 37.6 Å². The third kappa shape index (κ3) is 6.02. The van der Waals surface area contributed by atoms with Crippen molar-refractivity contribution in [2.45, 2.75) is 38.3 Å². The van der Waals surface area contributed by atoms with Crippen LogP contribution in [0.3, 0.4) is 0 Å². The van der Waals surface area contributed by atoms with Crippen LogP contribution in [-0.4, -0.2) is 43.3 Å². The highest BCUT2D eigenvalue weighted by Crippen LogP contribution is 2.28. The van der Waals surface area contributed by atoms with E-state index in [4.69, 9.17) is 14.7 Å². The summed E-state index contributed by atoms with van der Waals surface area (Å²) in [5.41, 5.74) is 2.17. The molecule has 1 aromatic heterocycles. The second kappa shape index (κ2) is 11.1. The van der Waals surface area contributed by atoms with E-state index in [0.29, 0.717) is 18.6 Å². The second-order valence-corrected chi connectivity index (χ2v) is 8.98. The van der Waals surface area contributed by atoms with Crippen LogP contribution in [0.25, 0.3) is 10.9 Å². The summed E-state index contributed by atoms with van der Waals surface area (Å²) in [6.45, 7) is 6.11. The Morgan fingerprint density at radius 1 is 1.03 bits per heavy atom. The monoisotopic (exact) mass is 445 g/mol. The van der Waals surface area contributed by atoms with Crippen LogP contribution < -0.4 is 20.3 Å². The summed E-state index contributed by atoms with van der Waals surface area (Å²) in [6.07, 6.45) is 6.46. The number of hydrogen-bond acceptors (Lipinski definition) is 6. The van der Waals surface area contributed by atoms with Crippen molar-refractivity contribution < 1.29 is 4.74 Å². The zero-order valence-corrected chi connectivity index (χ0v) is 19.8. The molecule has 6 heteroatoms. The lowest BCUT2D eigenvalue weighted by Gasteiger charge is -2.29. The van der Waals surface area contributed by atoms with Crippen molar-refractivity contribution in [2.75, 3.05) is 37.5 Å². The summed E-state index contributed by atoms with van der Waals surface area (Å²) >= 11 is 0. The first-order valence-corrected chi connectivity index (χ1v) is 11.9. The van der Waals surface area contributed by atoms with Gasteiger partial charge in [-0.25, -0.2) is 4.98 Å². The summed E-state index contributed by atoms with van der Waals surface area (Å²) in [4.78, 5) is 11.6. The predicted octanol–water partition coefficient (Wildman–Crippen LogP) is 5.02. The molecule has 2 N–H and O–H groups in total. The predicted molar refractivity (Wildman–Crippen MR) is 137 cm³/mol. The Labute approximate surface area is 197 Å². The van der Waals surface area contributed by atoms with E-state index in [9.17, 15) is 0 Å². The van der Waals surface area contributed by atoms with Gasteiger partial charge in [0.2, 0.25) is 5.95 Å². The van der Waals surface area contributed by atoms with Crippen molar-refractivity contribution in [1.82, 2.24) is 15.3 Å². The molecule has 4 rings (SSSR count). The molecule has 174 valence electrons. The molecular formula is C27H35N5O. The van der Waals surface area contributed by atoms with Crippen molar-refractivity contribution in [3.05, 3.63) is 66.7 Å². The zero-order valence-electron chi connectivity index (χ0n) is 19.8. The maximum Gasteiger partial charge on any atom is 0.225 e. The van der Waals surface area contributed by atoms with Crippen molar-refractivity contribution in [2.24, 2.45) is 5.92 Å². The van der Waals surface area contributed by atoms with Crippen LogP contribution in [0, 0.1) is 5.92 Å². The van der Waals surface area contributed by atoms with E-state index in [0.717, 1.165) is 54.3 Å². The van der Waals surface area contributed by atoms with E-state index in [1.165, 1.54) is 18.4 Å². The van der Waals surface area contributed by atoms with Gasteiger partial charge >= 0.3 is 0 Å². The van der Waals surface area contributed by atoms with Gasteiger partial charge in [-0.15, -0.1) is 0 Å². The highest BCUT2D eigenvalue weighted by molar-refractivity contribution is 5.90. The minimum atomic E-state index is 0.422. The maximum atomic E-state index is 5.77. The number of ether oxygens (including phenoxy) is 1. The third-order valence-corrected chi connectivity index (χ3v) is 6.26. The molecule has 0 saturated heterocycles. The molecule has 3 aromatic rings. The molecule has 1 aliphatic rings. The summed E-state index contributed by atoms with van der Waals surface area (Å²) in [5.74, 6) is 3.32. The van der Waals surface area contributed by atoms with Crippen molar-refractivity contribution in [1.29, 1.82) is 0 Å². The molecule has 1 aliphatic carbocycles. The van der Waals surface area contributed by atoms with E-state index in [-0.39, 0.29) is 0 Å². The quantitative estimate of drug-likeness (QED) is 0.427. The first-order chi connectivity index (χ1) is 16.1. The number of para-hydroxylation sites is 2. The van der Waals surface area contributed by atoms with Gasteiger partial charge in [-0.2, -0.15) is 4.98 Å². The normalized spacial score (nSPS) is 18.1. The number of fused-ring (bicyclic) bond motifs is 1. The molecule has 0 radical (unpaired) electrons. The van der Waals surface area contributed by atoms with Gasteiger partial charge in [0.15, 0.2) is 0 Å². The summed E-state index contributed by atoms with van der Waals surface area (Å²) in [7, 11) is 4.06. The highest BCUT2D eigenvalue weighted by atomic mass is 16.5. The number of anilines is 2. The summed E-state index contributed by atoms with van der Waals surface area (Å²) < 4.78 is 5.77. The first kappa shape index (κ1) is 23.1. The lowest BCUT2D eigenvalue weighted by atomic mass is 9.86. The molecule has 0 spiro atoms. The van der Waals surface area contributed by atoms with Crippen LogP contribution in [-0.2, 0) is 6.54 Å². The average molecular weight is 446 g/mol. The first-order valence-electron chi connectivity index (χ1n) is 11.9. The van der Waals surface area contributed by atoms with Crippen LogP contribution in [0.1, 0.15) is 31.2 Å². The molecule has 0 unspecified atom stereocenters. The van der Waals surface area contributed by atoms with E-state index in [1.807, 2.05) is 38.4 Å². The molecular weight excluding hydrogens is 410 g/mol. The summed E-state index contributed by atoms with van der Waals surface area (Å²) in [6, 6.07) is 16.8. The molecule has 1 fully saturated rings. The smallest absolute Gasteiger partial charge is 0.225 e. The maximum absolute atomic E-state index is 5.77. The molecule has 6 nitrogen and oxygen atoms in total. The van der Waals surface area contributed by atoms with Crippen LogP contribution in [0.15, 0.2) is 61.2 Å². The van der Waals surface area contributed by atoms with E-state index < -0.39 is 0 Å². The standard InChI is InChI=1S/C27H35N5O/c1-4-17-33-25-12-8-5-9-21(25)19-28-18-20-13-15-22(16-14-20)29-27-30-24-11-7-6-10-23(24)26(31-27)32(2)3/h4-12,20,22,28H,1,13-19H2,2-3H3,(H,29,30,31). The van der Waals surface area contributed by atoms with E-state index in [2.05, 4.69) is 46.4 Å². The lowest BCUT2D eigenvalue weighted by Crippen LogP contribution is -2.31. The number of aromatic nitrogens is 2. The Morgan fingerprint density at radius 2 is 1.79 bits per heavy atom. The lowest BCUT2D eigenvalue weighted by molar-refractivity contribution is 0.321. The van der Waals surface area contributed by atoms with Crippen LogP contribution >= 0.6 is 0 Å². The number of hydrogen-bond donors (Lipinski definition) is 2. The van der Waals surface area contributed by atoms with E-state index >= 15 is 0 Å². The topological polar surface area (TPSA) is 62.3 Å². The minimum Gasteiger partial charge on any atom is -0.489 e. The van der Waals surface area contributed by atoms with Gasteiger partial charge in [0.05, 0.1) is 5.52 Å². The Kier molecular flexibility index (Phi) is 7.79. The molecule has 1 saturated carbocycles.